The van der Waals surface area contributed by atoms with E-state index in [1.807, 2.05) is 4.90 Å². The molecular weight excluding hydrogens is 290 g/mol. The lowest BCUT2D eigenvalue weighted by Crippen LogP contribution is -2.42. The average Bonchev–Trinajstić information content (AvgIpc) is 2.54. The monoisotopic (exact) mass is 310 g/mol. The summed E-state index contributed by atoms with van der Waals surface area (Å²) < 4.78 is 31.6. The van der Waals surface area contributed by atoms with Crippen molar-refractivity contribution in [3.8, 4) is 6.07 Å². The average molecular weight is 310 g/mol. The van der Waals surface area contributed by atoms with Crippen molar-refractivity contribution in [2.75, 3.05) is 26.3 Å². The largest absolute Gasteiger partial charge is 0.387 e. The summed E-state index contributed by atoms with van der Waals surface area (Å²) in [5, 5.41) is 19.1. The molecule has 1 N–H and O–H groups in total. The molecule has 120 valence electrons. The van der Waals surface area contributed by atoms with Crippen LogP contribution in [-0.4, -0.2) is 42.4 Å². The van der Waals surface area contributed by atoms with Crippen molar-refractivity contribution in [1.29, 1.82) is 5.26 Å². The van der Waals surface area contributed by atoms with Gasteiger partial charge in [0.15, 0.2) is 11.6 Å². The predicted molar refractivity (Wildman–Crippen MR) is 77.0 cm³/mol. The SMILES string of the molecule is N#CCCN(C[C@H](O)c1ccc(F)c(F)c1)C1CCOCC1. The smallest absolute Gasteiger partial charge is 0.159 e. The molecule has 0 spiro atoms. The van der Waals surface area contributed by atoms with Crippen LogP contribution in [0.5, 0.6) is 0 Å². The molecule has 1 aliphatic heterocycles. The zero-order chi connectivity index (χ0) is 15.9. The van der Waals surface area contributed by atoms with Gasteiger partial charge in [0.2, 0.25) is 0 Å². The minimum Gasteiger partial charge on any atom is -0.387 e. The van der Waals surface area contributed by atoms with Crippen molar-refractivity contribution < 1.29 is 18.6 Å². The van der Waals surface area contributed by atoms with E-state index in [1.165, 1.54) is 6.07 Å². The number of nitriles is 1. The van der Waals surface area contributed by atoms with E-state index in [0.29, 0.717) is 31.7 Å². The molecular formula is C16H20F2N2O2. The van der Waals surface area contributed by atoms with Gasteiger partial charge in [0.1, 0.15) is 0 Å². The molecule has 1 aromatic carbocycles. The van der Waals surface area contributed by atoms with E-state index >= 15 is 0 Å². The molecule has 0 radical (unpaired) electrons. The number of nitrogens with zero attached hydrogens (tertiary/aromatic N) is 2. The van der Waals surface area contributed by atoms with Crippen molar-refractivity contribution in [2.24, 2.45) is 0 Å². The highest BCUT2D eigenvalue weighted by Gasteiger charge is 2.24. The van der Waals surface area contributed by atoms with E-state index in [-0.39, 0.29) is 12.6 Å². The molecule has 1 saturated heterocycles. The number of aliphatic hydroxyl groups excluding tert-OH is 1. The fraction of sp³-hybridized carbons (Fsp3) is 0.562. The Hall–Kier alpha value is -1.55. The number of benzene rings is 1. The number of hydrogen-bond donors (Lipinski definition) is 1. The van der Waals surface area contributed by atoms with E-state index in [1.54, 1.807) is 0 Å². The standard InChI is InChI=1S/C16H20F2N2O2/c17-14-3-2-12(10-15(14)18)16(21)11-20(7-1-6-19)13-4-8-22-9-5-13/h2-3,10,13,16,21H,1,4-5,7-9,11H2/t16-/m0/s1. The number of aliphatic hydroxyl groups is 1. The van der Waals surface area contributed by atoms with Gasteiger partial charge in [0, 0.05) is 38.8 Å². The molecule has 1 heterocycles. The van der Waals surface area contributed by atoms with Crippen molar-refractivity contribution in [3.63, 3.8) is 0 Å². The van der Waals surface area contributed by atoms with Gasteiger partial charge in [-0.2, -0.15) is 5.26 Å². The van der Waals surface area contributed by atoms with Crippen molar-refractivity contribution in [2.45, 2.75) is 31.4 Å². The Morgan fingerprint density at radius 2 is 2.05 bits per heavy atom. The van der Waals surface area contributed by atoms with Crippen LogP contribution in [0.1, 0.15) is 30.9 Å². The molecule has 6 heteroatoms. The first-order valence-electron chi connectivity index (χ1n) is 7.43. The van der Waals surface area contributed by atoms with Gasteiger partial charge in [-0.05, 0) is 30.5 Å². The first kappa shape index (κ1) is 16.8. The summed E-state index contributed by atoms with van der Waals surface area (Å²) in [4.78, 5) is 2.04. The quantitative estimate of drug-likeness (QED) is 0.876. The normalized spacial score (nSPS) is 17.4. The molecule has 1 fully saturated rings. The van der Waals surface area contributed by atoms with Crippen LogP contribution in [0.3, 0.4) is 0 Å². The van der Waals surface area contributed by atoms with Gasteiger partial charge in [-0.1, -0.05) is 6.07 Å². The van der Waals surface area contributed by atoms with Gasteiger partial charge in [-0.25, -0.2) is 8.78 Å². The summed E-state index contributed by atoms with van der Waals surface area (Å²) in [6.07, 6.45) is 1.13. The van der Waals surface area contributed by atoms with E-state index < -0.39 is 17.7 Å². The van der Waals surface area contributed by atoms with Crippen LogP contribution in [0.2, 0.25) is 0 Å². The fourth-order valence-corrected chi connectivity index (χ4v) is 2.71. The van der Waals surface area contributed by atoms with Gasteiger partial charge >= 0.3 is 0 Å². The van der Waals surface area contributed by atoms with Crippen LogP contribution in [0.25, 0.3) is 0 Å². The third kappa shape index (κ3) is 4.47. The van der Waals surface area contributed by atoms with Crippen LogP contribution in [0, 0.1) is 23.0 Å². The van der Waals surface area contributed by atoms with Gasteiger partial charge in [-0.3, -0.25) is 4.90 Å². The van der Waals surface area contributed by atoms with E-state index in [2.05, 4.69) is 6.07 Å². The van der Waals surface area contributed by atoms with Crippen LogP contribution in [0.4, 0.5) is 8.78 Å². The van der Waals surface area contributed by atoms with E-state index in [0.717, 1.165) is 25.0 Å². The Kier molecular flexibility index (Phi) is 6.25. The summed E-state index contributed by atoms with van der Waals surface area (Å²) in [5.41, 5.74) is 0.341. The van der Waals surface area contributed by atoms with Crippen molar-refractivity contribution in [1.82, 2.24) is 4.90 Å². The van der Waals surface area contributed by atoms with Crippen LogP contribution >= 0.6 is 0 Å². The van der Waals surface area contributed by atoms with E-state index in [4.69, 9.17) is 10.00 Å². The highest BCUT2D eigenvalue weighted by Crippen LogP contribution is 2.21. The maximum Gasteiger partial charge on any atom is 0.159 e. The van der Waals surface area contributed by atoms with Crippen molar-refractivity contribution in [3.05, 3.63) is 35.4 Å². The molecule has 1 aromatic rings. The lowest BCUT2D eigenvalue weighted by molar-refractivity contribution is 0.0149. The molecule has 0 unspecified atom stereocenters. The number of rotatable bonds is 6. The second-order valence-electron chi connectivity index (χ2n) is 5.44. The predicted octanol–water partition coefficient (Wildman–Crippen LogP) is 2.39. The first-order chi connectivity index (χ1) is 10.6. The summed E-state index contributed by atoms with van der Waals surface area (Å²) in [6, 6.07) is 5.76. The number of halogens is 2. The summed E-state index contributed by atoms with van der Waals surface area (Å²) in [7, 11) is 0. The Balaban J connectivity index is 2.04. The molecule has 0 bridgehead atoms. The van der Waals surface area contributed by atoms with Crippen molar-refractivity contribution >= 4 is 0 Å². The lowest BCUT2D eigenvalue weighted by Gasteiger charge is -2.35. The number of ether oxygens (including phenoxy) is 1. The zero-order valence-electron chi connectivity index (χ0n) is 12.3. The maximum atomic E-state index is 13.3. The summed E-state index contributed by atoms with van der Waals surface area (Å²) in [5.74, 6) is -1.90. The van der Waals surface area contributed by atoms with Gasteiger partial charge < -0.3 is 9.84 Å². The highest BCUT2D eigenvalue weighted by atomic mass is 19.2. The highest BCUT2D eigenvalue weighted by molar-refractivity contribution is 5.20. The van der Waals surface area contributed by atoms with Crippen LogP contribution in [0.15, 0.2) is 18.2 Å². The Morgan fingerprint density at radius 3 is 2.68 bits per heavy atom. The molecule has 22 heavy (non-hydrogen) atoms. The summed E-state index contributed by atoms with van der Waals surface area (Å²) >= 11 is 0. The molecule has 0 aliphatic carbocycles. The van der Waals surface area contributed by atoms with Gasteiger partial charge in [0.25, 0.3) is 0 Å². The molecule has 2 rings (SSSR count). The third-order valence-electron chi connectivity index (χ3n) is 3.95. The number of hydrogen-bond acceptors (Lipinski definition) is 4. The molecule has 0 aromatic heterocycles. The summed E-state index contributed by atoms with van der Waals surface area (Å²) in [6.45, 7) is 2.16. The molecule has 1 atom stereocenters. The second kappa shape index (κ2) is 8.18. The Bertz CT molecular complexity index is 527. The molecule has 1 aliphatic rings. The van der Waals surface area contributed by atoms with Gasteiger partial charge in [0.05, 0.1) is 12.2 Å². The van der Waals surface area contributed by atoms with Gasteiger partial charge in [-0.15, -0.1) is 0 Å². The van der Waals surface area contributed by atoms with Crippen LogP contribution in [-0.2, 0) is 4.74 Å². The minimum absolute atomic E-state index is 0.238. The third-order valence-corrected chi connectivity index (χ3v) is 3.95. The fourth-order valence-electron chi connectivity index (χ4n) is 2.71. The Morgan fingerprint density at radius 1 is 1.32 bits per heavy atom. The van der Waals surface area contributed by atoms with E-state index in [9.17, 15) is 13.9 Å². The van der Waals surface area contributed by atoms with Crippen LogP contribution < -0.4 is 0 Å². The lowest BCUT2D eigenvalue weighted by atomic mass is 10.0. The zero-order valence-corrected chi connectivity index (χ0v) is 12.3. The molecule has 0 saturated carbocycles. The Labute approximate surface area is 128 Å². The molecule has 0 amide bonds. The topological polar surface area (TPSA) is 56.5 Å². The minimum atomic E-state index is -0.966. The second-order valence-corrected chi connectivity index (χ2v) is 5.44. The molecule has 4 nitrogen and oxygen atoms in total. The maximum absolute atomic E-state index is 13.3. The first-order valence-corrected chi connectivity index (χ1v) is 7.43.